The minimum atomic E-state index is -1.14. The van der Waals surface area contributed by atoms with Crippen molar-refractivity contribution in [2.24, 2.45) is 5.73 Å². The van der Waals surface area contributed by atoms with Crippen LogP contribution in [0.15, 0.2) is 16.5 Å². The van der Waals surface area contributed by atoms with E-state index >= 15 is 0 Å². The zero-order chi connectivity index (χ0) is 15.1. The fourth-order valence-corrected chi connectivity index (χ4v) is 2.43. The van der Waals surface area contributed by atoms with Crippen molar-refractivity contribution < 1.29 is 23.9 Å². The lowest BCUT2D eigenvalue weighted by molar-refractivity contribution is -0.140. The van der Waals surface area contributed by atoms with Crippen molar-refractivity contribution in [1.29, 1.82) is 0 Å². The number of fused-ring (bicyclic) bond motifs is 5. The van der Waals surface area contributed by atoms with Crippen LogP contribution in [0.5, 0.6) is 0 Å². The number of furan rings is 2. The summed E-state index contributed by atoms with van der Waals surface area (Å²) in [6.07, 6.45) is 0.683. The molecule has 1 aliphatic heterocycles. The van der Waals surface area contributed by atoms with Crippen LogP contribution in [-0.4, -0.2) is 40.5 Å². The topological polar surface area (TPSA) is 126 Å². The van der Waals surface area contributed by atoms with Gasteiger partial charge in [0.05, 0.1) is 0 Å². The Balaban J connectivity index is 1.84. The van der Waals surface area contributed by atoms with Gasteiger partial charge >= 0.3 is 5.97 Å². The van der Waals surface area contributed by atoms with Crippen molar-refractivity contribution in [3.05, 3.63) is 23.3 Å². The van der Waals surface area contributed by atoms with E-state index in [2.05, 4.69) is 5.43 Å². The van der Waals surface area contributed by atoms with Crippen LogP contribution in [0.3, 0.4) is 0 Å². The molecule has 1 aliphatic rings. The quantitative estimate of drug-likeness (QED) is 0.647. The average Bonchev–Trinajstić information content (AvgIpc) is 3.11. The second-order valence-corrected chi connectivity index (χ2v) is 4.81. The van der Waals surface area contributed by atoms with Gasteiger partial charge in [0, 0.05) is 0 Å². The Hall–Kier alpha value is -2.45. The number of hydrogen-bond donors (Lipinski definition) is 3. The third-order valence-corrected chi connectivity index (χ3v) is 3.46. The lowest BCUT2D eigenvalue weighted by Crippen LogP contribution is -2.51. The molecule has 2 amide bonds. The Morgan fingerprint density at radius 1 is 1.29 bits per heavy atom. The van der Waals surface area contributed by atoms with Crippen LogP contribution in [0.4, 0.5) is 0 Å². The molecular formula is C13H13N3O5. The van der Waals surface area contributed by atoms with Crippen LogP contribution in [0.25, 0.3) is 11.2 Å². The van der Waals surface area contributed by atoms with E-state index in [1.807, 2.05) is 0 Å². The largest absolute Gasteiger partial charge is 0.480 e. The Kier molecular flexibility index (Phi) is 3.11. The van der Waals surface area contributed by atoms with Gasteiger partial charge in [-0.1, -0.05) is 0 Å². The summed E-state index contributed by atoms with van der Waals surface area (Å²) < 4.78 is 5.26. The molecular weight excluding hydrogens is 278 g/mol. The van der Waals surface area contributed by atoms with E-state index in [0.717, 1.165) is 5.01 Å². The van der Waals surface area contributed by atoms with Gasteiger partial charge < -0.3 is 15.3 Å². The number of carbonyl (C=O) groups excluding carboxylic acids is 2. The average molecular weight is 291 g/mol. The smallest absolute Gasteiger partial charge is 0.322 e. The van der Waals surface area contributed by atoms with Gasteiger partial charge in [0.2, 0.25) is 0 Å². The van der Waals surface area contributed by atoms with Gasteiger partial charge in [-0.3, -0.25) is 14.4 Å². The molecule has 0 saturated carbocycles. The maximum atomic E-state index is 12.2. The molecule has 0 radical (unpaired) electrons. The van der Waals surface area contributed by atoms with Crippen molar-refractivity contribution in [3.63, 3.8) is 0 Å². The first-order valence-corrected chi connectivity index (χ1v) is 6.47. The molecule has 1 atom stereocenters. The first-order chi connectivity index (χ1) is 10.0. The fraction of sp³-hybridized carbons (Fsp3) is 0.308. The van der Waals surface area contributed by atoms with Crippen LogP contribution >= 0.6 is 0 Å². The van der Waals surface area contributed by atoms with E-state index in [9.17, 15) is 14.4 Å². The molecule has 0 fully saturated rings. The summed E-state index contributed by atoms with van der Waals surface area (Å²) in [4.78, 5) is 35.7. The van der Waals surface area contributed by atoms with E-state index in [4.69, 9.17) is 15.3 Å². The van der Waals surface area contributed by atoms with E-state index < -0.39 is 23.8 Å². The number of imide groups is 1. The summed E-state index contributed by atoms with van der Waals surface area (Å²) in [5.74, 6) is -2.33. The fourth-order valence-electron chi connectivity index (χ4n) is 2.43. The highest BCUT2D eigenvalue weighted by molar-refractivity contribution is 6.27. The monoisotopic (exact) mass is 291 g/mol. The van der Waals surface area contributed by atoms with E-state index in [0.29, 0.717) is 24.1 Å². The number of nitrogens with two attached hydrogens (primary N) is 1. The molecule has 0 aliphatic carbocycles. The molecule has 1 unspecified atom stereocenters. The molecule has 4 N–H and O–H groups in total. The number of carbonyl (C=O) groups is 3. The maximum Gasteiger partial charge on any atom is 0.322 e. The van der Waals surface area contributed by atoms with Gasteiger partial charge in [-0.05, 0) is 31.5 Å². The Bertz CT molecular complexity index is 677. The standard InChI is InChI=1S/C13H13N3O5/c14-5-1-2-6(13(19)20)15-16-11(17)9-7-3-4-8(21-7)10(9)12(16)18/h3-4,6,15H,1-2,5,14H2,(H,19,20). The van der Waals surface area contributed by atoms with Crippen molar-refractivity contribution >= 4 is 28.9 Å². The minimum Gasteiger partial charge on any atom is -0.480 e. The number of rotatable bonds is 6. The number of carboxylic acid groups (broad SMARTS) is 1. The molecule has 0 saturated heterocycles. The van der Waals surface area contributed by atoms with Crippen molar-refractivity contribution in [3.8, 4) is 0 Å². The summed E-state index contributed by atoms with van der Waals surface area (Å²) in [5, 5.41) is 9.88. The predicted octanol–water partition coefficient (Wildman–Crippen LogP) is 0.163. The number of hydrazine groups is 1. The Labute approximate surface area is 118 Å². The van der Waals surface area contributed by atoms with Crippen molar-refractivity contribution in [2.75, 3.05) is 6.54 Å². The number of amides is 2. The molecule has 2 aromatic heterocycles. The molecule has 21 heavy (non-hydrogen) atoms. The van der Waals surface area contributed by atoms with Crippen LogP contribution in [0.1, 0.15) is 33.6 Å². The van der Waals surface area contributed by atoms with Crippen LogP contribution in [-0.2, 0) is 4.79 Å². The number of nitrogens with zero attached hydrogens (tertiary/aromatic N) is 1. The first-order valence-electron chi connectivity index (χ1n) is 6.47. The highest BCUT2D eigenvalue weighted by Crippen LogP contribution is 2.34. The van der Waals surface area contributed by atoms with Gasteiger partial charge in [0.1, 0.15) is 28.3 Å². The minimum absolute atomic E-state index is 0.188. The molecule has 3 rings (SSSR count). The second kappa shape index (κ2) is 4.83. The molecule has 8 heteroatoms. The van der Waals surface area contributed by atoms with Crippen molar-refractivity contribution in [1.82, 2.24) is 10.4 Å². The molecule has 8 nitrogen and oxygen atoms in total. The van der Waals surface area contributed by atoms with E-state index in [1.165, 1.54) is 0 Å². The van der Waals surface area contributed by atoms with Gasteiger partial charge in [0.15, 0.2) is 0 Å². The van der Waals surface area contributed by atoms with E-state index in [-0.39, 0.29) is 17.5 Å². The zero-order valence-electron chi connectivity index (χ0n) is 11.0. The van der Waals surface area contributed by atoms with Gasteiger partial charge in [-0.2, -0.15) is 0 Å². The number of carboxylic acids is 1. The zero-order valence-corrected chi connectivity index (χ0v) is 11.0. The van der Waals surface area contributed by atoms with Crippen molar-refractivity contribution in [2.45, 2.75) is 18.9 Å². The highest BCUT2D eigenvalue weighted by Gasteiger charge is 2.43. The van der Waals surface area contributed by atoms with Crippen LogP contribution in [0, 0.1) is 0 Å². The summed E-state index contributed by atoms with van der Waals surface area (Å²) in [6.45, 7) is 0.329. The Morgan fingerprint density at radius 2 is 1.86 bits per heavy atom. The lowest BCUT2D eigenvalue weighted by atomic mass is 10.1. The molecule has 3 heterocycles. The highest BCUT2D eigenvalue weighted by atomic mass is 16.4. The van der Waals surface area contributed by atoms with Crippen LogP contribution < -0.4 is 11.2 Å². The van der Waals surface area contributed by atoms with Gasteiger partial charge in [0.25, 0.3) is 11.8 Å². The number of hydrogen-bond acceptors (Lipinski definition) is 6. The molecule has 110 valence electrons. The van der Waals surface area contributed by atoms with E-state index in [1.54, 1.807) is 12.1 Å². The summed E-state index contributed by atoms with van der Waals surface area (Å²) in [6, 6.07) is 2.15. The number of nitrogens with one attached hydrogen (secondary N) is 1. The third kappa shape index (κ3) is 1.96. The number of benzene rings is 1. The first kappa shape index (κ1) is 13.5. The lowest BCUT2D eigenvalue weighted by Gasteiger charge is -2.21. The van der Waals surface area contributed by atoms with Gasteiger partial charge in [-0.25, -0.2) is 10.4 Å². The summed E-state index contributed by atoms with van der Waals surface area (Å²) in [5.41, 5.74) is 8.86. The normalized spacial score (nSPS) is 16.0. The third-order valence-electron chi connectivity index (χ3n) is 3.46. The molecule has 2 bridgehead atoms. The summed E-state index contributed by atoms with van der Waals surface area (Å²) in [7, 11) is 0. The molecule has 2 aromatic rings. The SMILES string of the molecule is NCCCC(NN1C(=O)c2c(c3ccc2o3)C1=O)C(=O)O. The Morgan fingerprint density at radius 3 is 2.33 bits per heavy atom. The van der Waals surface area contributed by atoms with Crippen LogP contribution in [0.2, 0.25) is 0 Å². The molecule has 0 spiro atoms. The van der Waals surface area contributed by atoms with Gasteiger partial charge in [-0.15, -0.1) is 0 Å². The summed E-state index contributed by atoms with van der Waals surface area (Å²) >= 11 is 0. The molecule has 0 aromatic carbocycles. The second-order valence-electron chi connectivity index (χ2n) is 4.81. The predicted molar refractivity (Wildman–Crippen MR) is 70.7 cm³/mol. The maximum absolute atomic E-state index is 12.2. The number of aliphatic carboxylic acids is 1.